The number of rotatable bonds is 4. The number of esters is 1. The lowest BCUT2D eigenvalue weighted by molar-refractivity contribution is -0.386. The number of halogens is 3. The summed E-state index contributed by atoms with van der Waals surface area (Å²) < 4.78 is 6.30. The number of ether oxygens (including phenoxy) is 1. The standard InChI is InChI=1S/C13H10Cl3N3O4/c1-6-12(19(21)22)7(2)18(17-6)5-11(20)23-13-9(15)3-8(14)4-10(13)16/h3-4H,5H2,1-2H3. The zero-order valence-corrected chi connectivity index (χ0v) is 14.2. The van der Waals surface area contributed by atoms with Crippen LogP contribution in [0.15, 0.2) is 12.1 Å². The molecule has 0 N–H and O–H groups in total. The van der Waals surface area contributed by atoms with Crippen LogP contribution in [0.2, 0.25) is 15.1 Å². The Hall–Kier alpha value is -1.83. The van der Waals surface area contributed by atoms with Crippen molar-refractivity contribution in [1.29, 1.82) is 0 Å². The maximum Gasteiger partial charge on any atom is 0.333 e. The first-order valence-electron chi connectivity index (χ1n) is 6.24. The molecule has 23 heavy (non-hydrogen) atoms. The van der Waals surface area contributed by atoms with E-state index in [2.05, 4.69) is 5.10 Å². The predicted octanol–water partition coefficient (Wildman–Crippen LogP) is 3.97. The van der Waals surface area contributed by atoms with Crippen molar-refractivity contribution in [1.82, 2.24) is 9.78 Å². The molecule has 0 fully saturated rings. The Kier molecular flexibility index (Phi) is 5.13. The van der Waals surface area contributed by atoms with Crippen molar-refractivity contribution >= 4 is 46.5 Å². The second-order valence-corrected chi connectivity index (χ2v) is 5.86. The van der Waals surface area contributed by atoms with E-state index < -0.39 is 10.9 Å². The highest BCUT2D eigenvalue weighted by atomic mass is 35.5. The summed E-state index contributed by atoms with van der Waals surface area (Å²) in [6.45, 7) is 2.66. The normalized spacial score (nSPS) is 10.7. The summed E-state index contributed by atoms with van der Waals surface area (Å²) in [5.74, 6) is -0.754. The highest BCUT2D eigenvalue weighted by Gasteiger charge is 2.23. The van der Waals surface area contributed by atoms with Crippen LogP contribution in [0.1, 0.15) is 11.4 Å². The van der Waals surface area contributed by atoms with Crippen LogP contribution in [0.25, 0.3) is 0 Å². The van der Waals surface area contributed by atoms with Crippen molar-refractivity contribution in [2.24, 2.45) is 0 Å². The van der Waals surface area contributed by atoms with Gasteiger partial charge in [0.25, 0.3) is 0 Å². The number of aromatic nitrogens is 2. The van der Waals surface area contributed by atoms with Gasteiger partial charge in [-0.15, -0.1) is 0 Å². The van der Waals surface area contributed by atoms with E-state index in [1.165, 1.54) is 30.7 Å². The van der Waals surface area contributed by atoms with Gasteiger partial charge < -0.3 is 4.74 Å². The molecule has 0 saturated heterocycles. The Balaban J connectivity index is 2.21. The van der Waals surface area contributed by atoms with Crippen LogP contribution < -0.4 is 4.74 Å². The molecule has 0 aliphatic heterocycles. The van der Waals surface area contributed by atoms with Gasteiger partial charge in [-0.05, 0) is 26.0 Å². The summed E-state index contributed by atoms with van der Waals surface area (Å²) in [6, 6.07) is 2.76. The Morgan fingerprint density at radius 2 is 1.87 bits per heavy atom. The number of nitrogens with zero attached hydrogens (tertiary/aromatic N) is 3. The van der Waals surface area contributed by atoms with Crippen LogP contribution in [0.3, 0.4) is 0 Å². The Morgan fingerprint density at radius 3 is 2.35 bits per heavy atom. The number of nitro groups is 1. The first kappa shape index (κ1) is 17.5. The van der Waals surface area contributed by atoms with Crippen molar-refractivity contribution < 1.29 is 14.5 Å². The lowest BCUT2D eigenvalue weighted by atomic mass is 10.3. The van der Waals surface area contributed by atoms with Gasteiger partial charge in [0.2, 0.25) is 0 Å². The minimum Gasteiger partial charge on any atom is -0.422 e. The van der Waals surface area contributed by atoms with Crippen molar-refractivity contribution in [2.45, 2.75) is 20.4 Å². The smallest absolute Gasteiger partial charge is 0.333 e. The second-order valence-electron chi connectivity index (χ2n) is 4.61. The molecular formula is C13H10Cl3N3O4. The van der Waals surface area contributed by atoms with E-state index in [0.29, 0.717) is 5.02 Å². The number of aryl methyl sites for hydroxylation is 1. The fourth-order valence-electron chi connectivity index (χ4n) is 2.00. The van der Waals surface area contributed by atoms with Crippen LogP contribution in [-0.2, 0) is 11.3 Å². The number of hydrogen-bond donors (Lipinski definition) is 0. The van der Waals surface area contributed by atoms with Crippen LogP contribution in [0.5, 0.6) is 5.75 Å². The molecule has 0 atom stereocenters. The van der Waals surface area contributed by atoms with Crippen molar-refractivity contribution in [3.63, 3.8) is 0 Å². The maximum absolute atomic E-state index is 12.0. The van der Waals surface area contributed by atoms with Crippen LogP contribution >= 0.6 is 34.8 Å². The number of carbonyl (C=O) groups is 1. The SMILES string of the molecule is Cc1nn(CC(=O)Oc2c(Cl)cc(Cl)cc2Cl)c(C)c1[N+](=O)[O-]. The number of carbonyl (C=O) groups excluding carboxylic acids is 1. The molecule has 1 aromatic heterocycles. The fourth-order valence-corrected chi connectivity index (χ4v) is 2.89. The van der Waals surface area contributed by atoms with Gasteiger partial charge in [0, 0.05) is 5.02 Å². The molecule has 0 unspecified atom stereocenters. The minimum absolute atomic E-state index is 0.0289. The van der Waals surface area contributed by atoms with Gasteiger partial charge in [-0.1, -0.05) is 34.8 Å². The molecule has 0 saturated carbocycles. The van der Waals surface area contributed by atoms with E-state index >= 15 is 0 Å². The lowest BCUT2D eigenvalue weighted by Gasteiger charge is -2.09. The summed E-state index contributed by atoms with van der Waals surface area (Å²) in [6.07, 6.45) is 0. The molecule has 0 bridgehead atoms. The topological polar surface area (TPSA) is 87.3 Å². The predicted molar refractivity (Wildman–Crippen MR) is 85.5 cm³/mol. The molecule has 0 spiro atoms. The molecular weight excluding hydrogens is 369 g/mol. The van der Waals surface area contributed by atoms with E-state index in [1.54, 1.807) is 0 Å². The summed E-state index contributed by atoms with van der Waals surface area (Å²) >= 11 is 17.6. The van der Waals surface area contributed by atoms with E-state index in [-0.39, 0.29) is 39.4 Å². The Bertz CT molecular complexity index is 781. The number of benzene rings is 1. The molecule has 2 aromatic rings. The van der Waals surface area contributed by atoms with Gasteiger partial charge in [0.15, 0.2) is 5.75 Å². The van der Waals surface area contributed by atoms with E-state index in [4.69, 9.17) is 39.5 Å². The van der Waals surface area contributed by atoms with E-state index in [9.17, 15) is 14.9 Å². The lowest BCUT2D eigenvalue weighted by Crippen LogP contribution is -2.18. The first-order valence-corrected chi connectivity index (χ1v) is 7.37. The molecule has 10 heteroatoms. The van der Waals surface area contributed by atoms with Gasteiger partial charge in [0.1, 0.15) is 17.9 Å². The molecule has 1 aromatic carbocycles. The molecule has 7 nitrogen and oxygen atoms in total. The third kappa shape index (κ3) is 3.74. The zero-order valence-electron chi connectivity index (χ0n) is 12.0. The van der Waals surface area contributed by atoms with Gasteiger partial charge in [-0.25, -0.2) is 4.79 Å². The average Bonchev–Trinajstić information content (AvgIpc) is 2.68. The molecule has 0 aliphatic carbocycles. The maximum atomic E-state index is 12.0. The minimum atomic E-state index is -0.725. The molecule has 0 radical (unpaired) electrons. The summed E-state index contributed by atoms with van der Waals surface area (Å²) in [5, 5.41) is 15.4. The number of hydrogen-bond acceptors (Lipinski definition) is 5. The summed E-state index contributed by atoms with van der Waals surface area (Å²) in [4.78, 5) is 22.4. The van der Waals surface area contributed by atoms with Crippen molar-refractivity contribution in [3.05, 3.63) is 48.7 Å². The summed E-state index contributed by atoms with van der Waals surface area (Å²) in [7, 11) is 0. The molecule has 0 aliphatic rings. The van der Waals surface area contributed by atoms with Crippen LogP contribution in [-0.4, -0.2) is 20.7 Å². The Labute approximate surface area is 145 Å². The van der Waals surface area contributed by atoms with Crippen LogP contribution in [0, 0.1) is 24.0 Å². The van der Waals surface area contributed by atoms with Crippen molar-refractivity contribution in [2.75, 3.05) is 0 Å². The van der Waals surface area contributed by atoms with Crippen LogP contribution in [0.4, 0.5) is 5.69 Å². The quantitative estimate of drug-likeness (QED) is 0.347. The highest BCUT2D eigenvalue weighted by molar-refractivity contribution is 6.40. The van der Waals surface area contributed by atoms with Gasteiger partial charge in [0.05, 0.1) is 15.0 Å². The van der Waals surface area contributed by atoms with Crippen molar-refractivity contribution in [3.8, 4) is 5.75 Å². The summed E-state index contributed by atoms with van der Waals surface area (Å²) in [5.41, 5.74) is 0.320. The average molecular weight is 379 g/mol. The second kappa shape index (κ2) is 6.74. The molecule has 1 heterocycles. The van der Waals surface area contributed by atoms with Gasteiger partial charge >= 0.3 is 11.7 Å². The van der Waals surface area contributed by atoms with E-state index in [1.807, 2.05) is 0 Å². The molecule has 2 rings (SSSR count). The molecule has 0 amide bonds. The monoisotopic (exact) mass is 377 g/mol. The highest BCUT2D eigenvalue weighted by Crippen LogP contribution is 2.36. The molecule has 122 valence electrons. The van der Waals surface area contributed by atoms with E-state index in [0.717, 1.165) is 0 Å². The zero-order chi connectivity index (χ0) is 17.3. The third-order valence-electron chi connectivity index (χ3n) is 2.98. The third-order valence-corrected chi connectivity index (χ3v) is 3.76. The van der Waals surface area contributed by atoms with Gasteiger partial charge in [-0.2, -0.15) is 5.10 Å². The first-order chi connectivity index (χ1) is 10.7. The fraction of sp³-hybridized carbons (Fsp3) is 0.231. The Morgan fingerprint density at radius 1 is 1.30 bits per heavy atom. The largest absolute Gasteiger partial charge is 0.422 e. The van der Waals surface area contributed by atoms with Gasteiger partial charge in [-0.3, -0.25) is 14.8 Å².